The molecular weight excluding hydrogens is 697 g/mol. The second-order valence-corrected chi connectivity index (χ2v) is 15.3. The molecule has 0 saturated heterocycles. The number of amides is 3. The zero-order valence-electron chi connectivity index (χ0n) is 31.8. The summed E-state index contributed by atoms with van der Waals surface area (Å²) in [4.78, 5) is 40.6. The van der Waals surface area contributed by atoms with E-state index in [0.29, 0.717) is 37.9 Å². The lowest BCUT2D eigenvalue weighted by Gasteiger charge is -2.07. The van der Waals surface area contributed by atoms with Crippen molar-refractivity contribution in [3.05, 3.63) is 125 Å². The van der Waals surface area contributed by atoms with Crippen molar-refractivity contribution >= 4 is 56.6 Å². The van der Waals surface area contributed by atoms with E-state index in [1.54, 1.807) is 21.6 Å². The molecule has 4 N–H and O–H groups in total. The SMILES string of the molecule is CCC=CCC=CCC=CCC=CCC=CCC=CCCC(=O)NCCSSCCNC(=O)CCc1c(C)[nH]c(C=C2C(=O)Nc3ccccc32)c1C. The maximum absolute atomic E-state index is 12.5. The molecule has 1 aliphatic heterocycles. The van der Waals surface area contributed by atoms with Crippen molar-refractivity contribution < 1.29 is 14.4 Å². The molecular formula is C44H58N4O3S2. The number of benzene rings is 1. The molecule has 3 rings (SSSR count). The third-order valence-electron chi connectivity index (χ3n) is 8.47. The van der Waals surface area contributed by atoms with E-state index in [2.05, 4.69) is 101 Å². The van der Waals surface area contributed by atoms with Crippen molar-refractivity contribution in [3.8, 4) is 0 Å². The van der Waals surface area contributed by atoms with Gasteiger partial charge >= 0.3 is 0 Å². The zero-order chi connectivity index (χ0) is 37.9. The van der Waals surface area contributed by atoms with Crippen LogP contribution in [0.15, 0.2) is 97.2 Å². The summed E-state index contributed by atoms with van der Waals surface area (Å²) in [6.45, 7) is 7.43. The van der Waals surface area contributed by atoms with E-state index < -0.39 is 0 Å². The molecule has 1 aliphatic rings. The van der Waals surface area contributed by atoms with E-state index >= 15 is 0 Å². The first-order valence-electron chi connectivity index (χ1n) is 18.9. The number of para-hydroxylation sites is 1. The van der Waals surface area contributed by atoms with Crippen molar-refractivity contribution in [1.82, 2.24) is 15.6 Å². The predicted octanol–water partition coefficient (Wildman–Crippen LogP) is 10.1. The normalized spacial score (nSPS) is 13.9. The Morgan fingerprint density at radius 2 is 1.25 bits per heavy atom. The van der Waals surface area contributed by atoms with Gasteiger partial charge < -0.3 is 20.9 Å². The number of rotatable bonds is 25. The number of nitrogens with one attached hydrogen (secondary N) is 4. The first-order valence-corrected chi connectivity index (χ1v) is 21.4. The highest BCUT2D eigenvalue weighted by molar-refractivity contribution is 8.76. The van der Waals surface area contributed by atoms with E-state index in [-0.39, 0.29) is 17.7 Å². The molecule has 0 fully saturated rings. The molecule has 0 atom stereocenters. The molecule has 1 aromatic carbocycles. The Kier molecular flexibility index (Phi) is 21.6. The Hall–Kier alpha value is -4.21. The van der Waals surface area contributed by atoms with Gasteiger partial charge in [0.1, 0.15) is 0 Å². The fourth-order valence-electron chi connectivity index (χ4n) is 5.61. The fourth-order valence-corrected chi connectivity index (χ4v) is 7.43. The van der Waals surface area contributed by atoms with E-state index in [0.717, 1.165) is 90.2 Å². The molecule has 0 aliphatic carbocycles. The maximum atomic E-state index is 12.5. The molecule has 284 valence electrons. The molecule has 2 heterocycles. The number of carbonyl (C=O) groups is 3. The van der Waals surface area contributed by atoms with Crippen molar-refractivity contribution in [2.75, 3.05) is 29.9 Å². The van der Waals surface area contributed by atoms with Crippen LogP contribution in [-0.2, 0) is 20.8 Å². The van der Waals surface area contributed by atoms with Crippen LogP contribution in [0, 0.1) is 13.8 Å². The van der Waals surface area contributed by atoms with E-state index in [9.17, 15) is 14.4 Å². The zero-order valence-corrected chi connectivity index (χ0v) is 33.4. The second-order valence-electron chi connectivity index (χ2n) is 12.6. The molecule has 3 amide bonds. The van der Waals surface area contributed by atoms with Gasteiger partial charge in [0.2, 0.25) is 11.8 Å². The van der Waals surface area contributed by atoms with Crippen LogP contribution in [0.4, 0.5) is 5.69 Å². The minimum Gasteiger partial charge on any atom is -0.359 e. The van der Waals surface area contributed by atoms with Crippen LogP contribution in [0.25, 0.3) is 11.6 Å². The summed E-state index contributed by atoms with van der Waals surface area (Å²) in [6.07, 6.45) is 36.2. The maximum Gasteiger partial charge on any atom is 0.256 e. The average molecular weight is 755 g/mol. The van der Waals surface area contributed by atoms with Crippen LogP contribution in [0.5, 0.6) is 0 Å². The van der Waals surface area contributed by atoms with Crippen LogP contribution >= 0.6 is 21.6 Å². The molecule has 0 radical (unpaired) electrons. The van der Waals surface area contributed by atoms with E-state index in [1.807, 2.05) is 44.2 Å². The first kappa shape index (κ1) is 43.2. The van der Waals surface area contributed by atoms with Crippen LogP contribution < -0.4 is 16.0 Å². The predicted molar refractivity (Wildman–Crippen MR) is 230 cm³/mol. The van der Waals surface area contributed by atoms with Crippen molar-refractivity contribution in [1.29, 1.82) is 0 Å². The van der Waals surface area contributed by atoms with Gasteiger partial charge in [-0.2, -0.15) is 0 Å². The number of H-pyrrole nitrogens is 1. The monoisotopic (exact) mass is 754 g/mol. The Bertz CT molecular complexity index is 1660. The molecule has 53 heavy (non-hydrogen) atoms. The van der Waals surface area contributed by atoms with Gasteiger partial charge in [-0.05, 0) is 88.5 Å². The summed E-state index contributed by atoms with van der Waals surface area (Å²) in [7, 11) is 3.40. The summed E-state index contributed by atoms with van der Waals surface area (Å²) >= 11 is 0. The molecule has 2 aromatic rings. The number of aryl methyl sites for hydroxylation is 1. The number of anilines is 1. The Morgan fingerprint density at radius 1 is 0.717 bits per heavy atom. The number of aromatic nitrogens is 1. The third-order valence-corrected chi connectivity index (χ3v) is 10.9. The molecule has 7 nitrogen and oxygen atoms in total. The Labute approximate surface area is 325 Å². The van der Waals surface area contributed by atoms with Crippen molar-refractivity contribution in [2.45, 2.75) is 85.0 Å². The smallest absolute Gasteiger partial charge is 0.256 e. The number of hydrogen-bond acceptors (Lipinski definition) is 5. The topological polar surface area (TPSA) is 103 Å². The summed E-state index contributed by atoms with van der Waals surface area (Å²) in [6, 6.07) is 7.68. The van der Waals surface area contributed by atoms with E-state index in [1.165, 1.54) is 0 Å². The van der Waals surface area contributed by atoms with Crippen LogP contribution in [0.3, 0.4) is 0 Å². The number of fused-ring (bicyclic) bond motifs is 1. The number of hydrogen-bond donors (Lipinski definition) is 4. The molecule has 0 saturated carbocycles. The minimum atomic E-state index is -0.104. The van der Waals surface area contributed by atoms with Gasteiger partial charge in [0.05, 0.1) is 5.57 Å². The fraction of sp³-hybridized carbons (Fsp3) is 0.386. The summed E-state index contributed by atoms with van der Waals surface area (Å²) in [5.41, 5.74) is 6.46. The quantitative estimate of drug-likeness (QED) is 0.0350. The Morgan fingerprint density at radius 3 is 1.83 bits per heavy atom. The van der Waals surface area contributed by atoms with Crippen LogP contribution in [0.1, 0.15) is 92.8 Å². The second kappa shape index (κ2) is 26.5. The molecule has 0 unspecified atom stereocenters. The minimum absolute atomic E-state index is 0.0266. The van der Waals surface area contributed by atoms with Crippen LogP contribution in [-0.4, -0.2) is 47.3 Å². The lowest BCUT2D eigenvalue weighted by molar-refractivity contribution is -0.121. The molecule has 0 spiro atoms. The van der Waals surface area contributed by atoms with Crippen molar-refractivity contribution in [3.63, 3.8) is 0 Å². The van der Waals surface area contributed by atoms with Crippen molar-refractivity contribution in [2.24, 2.45) is 0 Å². The highest BCUT2D eigenvalue weighted by Crippen LogP contribution is 2.33. The Balaban J connectivity index is 1.14. The van der Waals surface area contributed by atoms with Gasteiger partial charge in [-0.1, -0.05) is 120 Å². The van der Waals surface area contributed by atoms with E-state index in [4.69, 9.17) is 0 Å². The number of aromatic amines is 1. The highest BCUT2D eigenvalue weighted by atomic mass is 33.1. The van der Waals surface area contributed by atoms with Gasteiger partial charge in [-0.25, -0.2) is 0 Å². The highest BCUT2D eigenvalue weighted by Gasteiger charge is 2.24. The van der Waals surface area contributed by atoms with Gasteiger partial charge in [-0.3, -0.25) is 14.4 Å². The number of allylic oxidation sites excluding steroid dienone is 12. The third kappa shape index (κ3) is 17.4. The largest absolute Gasteiger partial charge is 0.359 e. The molecule has 9 heteroatoms. The summed E-state index contributed by atoms with van der Waals surface area (Å²) < 4.78 is 0. The molecule has 0 bridgehead atoms. The van der Waals surface area contributed by atoms with Gasteiger partial charge in [-0.15, -0.1) is 0 Å². The average Bonchev–Trinajstić information content (AvgIpc) is 3.61. The lowest BCUT2D eigenvalue weighted by Crippen LogP contribution is -2.26. The van der Waals surface area contributed by atoms with Gasteiger partial charge in [0, 0.05) is 60.1 Å². The number of carbonyl (C=O) groups excluding carboxylic acids is 3. The van der Waals surface area contributed by atoms with Crippen LogP contribution in [0.2, 0.25) is 0 Å². The summed E-state index contributed by atoms with van der Waals surface area (Å²) in [5.74, 6) is 1.62. The first-order chi connectivity index (χ1) is 25.9. The lowest BCUT2D eigenvalue weighted by atomic mass is 10.0. The van der Waals surface area contributed by atoms with Gasteiger partial charge in [0.15, 0.2) is 0 Å². The summed E-state index contributed by atoms with van der Waals surface area (Å²) in [5, 5.41) is 8.91. The molecule has 1 aromatic heterocycles. The van der Waals surface area contributed by atoms with Gasteiger partial charge in [0.25, 0.3) is 5.91 Å². The standard InChI is InChI=1S/C44H58N4O3S2/c1-4-5-6-7-8-9-10-11-12-13-14-15-16-17-18-19-20-21-22-27-42(49)45-30-32-52-53-33-31-46-43(50)29-28-37-35(2)41(47-36(37)3)34-39-38-25-23-24-26-40(38)48-44(39)51/h5-6,8-9,11-12,14-15,17-18,20-21,23-26,34,47H,4,7,10,13,16,19,22,27-33H2,1-3H3,(H,45,49)(H,46,50)(H,48,51).